The maximum Gasteiger partial charge on any atom is 0.329 e. The number of carboxylic acid groups (broad SMARTS) is 1. The molecule has 0 spiro atoms. The Balaban J connectivity index is 2.13. The quantitative estimate of drug-likeness (QED) is 0.467. The summed E-state index contributed by atoms with van der Waals surface area (Å²) in [6.07, 6.45) is 0.199. The highest BCUT2D eigenvalue weighted by molar-refractivity contribution is 7.95. The van der Waals surface area contributed by atoms with Crippen molar-refractivity contribution in [3.8, 4) is 0 Å². The van der Waals surface area contributed by atoms with Crippen LogP contribution < -0.4 is 0 Å². The number of hydrogen-bond acceptors (Lipinski definition) is 4. The predicted octanol–water partition coefficient (Wildman–Crippen LogP) is 1.90. The van der Waals surface area contributed by atoms with E-state index in [1.165, 1.54) is 0 Å². The summed E-state index contributed by atoms with van der Waals surface area (Å²) in [5, 5.41) is 8.31. The van der Waals surface area contributed by atoms with Gasteiger partial charge >= 0.3 is 11.9 Å². The second-order valence-corrected chi connectivity index (χ2v) is 3.89. The zero-order valence-corrected chi connectivity index (χ0v) is 9.40. The second-order valence-electron chi connectivity index (χ2n) is 3.08. The third-order valence-electron chi connectivity index (χ3n) is 1.76. The summed E-state index contributed by atoms with van der Waals surface area (Å²) < 4.78 is 4.67. The third-order valence-corrected chi connectivity index (χ3v) is 2.44. The molecule has 0 saturated heterocycles. The molecule has 0 heterocycles. The lowest BCUT2D eigenvalue weighted by Gasteiger charge is -2.01. The van der Waals surface area contributed by atoms with Gasteiger partial charge in [-0.2, -0.15) is 0 Å². The van der Waals surface area contributed by atoms with Crippen molar-refractivity contribution in [1.29, 1.82) is 0 Å². The van der Waals surface area contributed by atoms with Gasteiger partial charge < -0.3 is 9.29 Å². The summed E-state index contributed by atoms with van der Waals surface area (Å²) in [5.74, 6) is -1.27. The van der Waals surface area contributed by atoms with Crippen molar-refractivity contribution in [2.45, 2.75) is 12.8 Å². The van der Waals surface area contributed by atoms with Crippen molar-refractivity contribution >= 4 is 24.0 Å². The number of benzene rings is 1. The van der Waals surface area contributed by atoms with Gasteiger partial charge in [-0.15, -0.1) is 0 Å². The molecule has 0 aromatic heterocycles. The molecule has 1 aromatic carbocycles. The standard InChI is InChI=1S/C11H12O4S/c12-10(13)8-11(14)15-16-7-6-9-4-2-1-3-5-9/h1-5H,6-8H2,(H,12,13). The Morgan fingerprint density at radius 1 is 1.25 bits per heavy atom. The summed E-state index contributed by atoms with van der Waals surface area (Å²) in [5.41, 5.74) is 1.16. The van der Waals surface area contributed by atoms with E-state index >= 15 is 0 Å². The summed E-state index contributed by atoms with van der Waals surface area (Å²) in [6.45, 7) is 0. The van der Waals surface area contributed by atoms with Gasteiger partial charge in [-0.25, -0.2) is 0 Å². The Morgan fingerprint density at radius 2 is 1.94 bits per heavy atom. The molecule has 0 atom stereocenters. The van der Waals surface area contributed by atoms with Gasteiger partial charge in [0.2, 0.25) is 0 Å². The average Bonchev–Trinajstić information content (AvgIpc) is 2.25. The van der Waals surface area contributed by atoms with Crippen LogP contribution in [0.25, 0.3) is 0 Å². The van der Waals surface area contributed by atoms with Crippen molar-refractivity contribution in [1.82, 2.24) is 0 Å². The van der Waals surface area contributed by atoms with Crippen LogP contribution in [0.4, 0.5) is 0 Å². The first kappa shape index (κ1) is 12.6. The molecule has 86 valence electrons. The molecular formula is C11H12O4S. The van der Waals surface area contributed by atoms with Gasteiger partial charge in [-0.3, -0.25) is 9.59 Å². The molecule has 16 heavy (non-hydrogen) atoms. The number of carboxylic acids is 1. The molecular weight excluding hydrogens is 228 g/mol. The highest BCUT2D eigenvalue weighted by atomic mass is 32.2. The smallest absolute Gasteiger partial charge is 0.329 e. The van der Waals surface area contributed by atoms with E-state index in [0.29, 0.717) is 5.75 Å². The predicted molar refractivity (Wildman–Crippen MR) is 60.9 cm³/mol. The third kappa shape index (κ3) is 5.41. The number of rotatable bonds is 6. The zero-order chi connectivity index (χ0) is 11.8. The highest BCUT2D eigenvalue weighted by Gasteiger charge is 2.08. The fourth-order valence-corrected chi connectivity index (χ4v) is 1.66. The van der Waals surface area contributed by atoms with Gasteiger partial charge in [0.05, 0.1) is 12.0 Å². The van der Waals surface area contributed by atoms with E-state index in [4.69, 9.17) is 5.11 Å². The fourth-order valence-electron chi connectivity index (χ4n) is 1.06. The summed E-state index contributed by atoms with van der Waals surface area (Å²) >= 11 is 0.985. The van der Waals surface area contributed by atoms with Crippen LogP contribution in [0.15, 0.2) is 30.3 Å². The van der Waals surface area contributed by atoms with Gasteiger partial charge in [0.25, 0.3) is 0 Å². The highest BCUT2D eigenvalue weighted by Crippen LogP contribution is 2.09. The second kappa shape index (κ2) is 6.90. The van der Waals surface area contributed by atoms with Crippen LogP contribution in [-0.2, 0) is 20.2 Å². The Kier molecular flexibility index (Phi) is 5.42. The van der Waals surface area contributed by atoms with Crippen molar-refractivity contribution in [3.05, 3.63) is 35.9 Å². The lowest BCUT2D eigenvalue weighted by molar-refractivity contribution is -0.145. The molecule has 0 fully saturated rings. The average molecular weight is 240 g/mol. The summed E-state index contributed by atoms with van der Waals surface area (Å²) in [4.78, 5) is 21.0. The van der Waals surface area contributed by atoms with Gasteiger partial charge in [-0.05, 0) is 12.0 Å². The Labute approximate surface area is 97.8 Å². The molecule has 4 nitrogen and oxygen atoms in total. The molecule has 1 N–H and O–H groups in total. The van der Waals surface area contributed by atoms with Gasteiger partial charge in [0, 0.05) is 5.75 Å². The van der Waals surface area contributed by atoms with E-state index in [1.807, 2.05) is 30.3 Å². The molecule has 5 heteroatoms. The topological polar surface area (TPSA) is 63.6 Å². The van der Waals surface area contributed by atoms with Crippen LogP contribution in [0.1, 0.15) is 12.0 Å². The van der Waals surface area contributed by atoms with Crippen molar-refractivity contribution in [2.75, 3.05) is 5.75 Å². The lowest BCUT2D eigenvalue weighted by atomic mass is 10.2. The number of aryl methyl sites for hydroxylation is 1. The normalized spacial score (nSPS) is 9.75. The summed E-state index contributed by atoms with van der Waals surface area (Å²) in [7, 11) is 0. The minimum absolute atomic E-state index is 0.585. The molecule has 0 aliphatic rings. The molecule has 0 saturated carbocycles. The van der Waals surface area contributed by atoms with Crippen molar-refractivity contribution in [2.24, 2.45) is 0 Å². The maximum absolute atomic E-state index is 10.8. The molecule has 0 unspecified atom stereocenters. The van der Waals surface area contributed by atoms with E-state index in [9.17, 15) is 9.59 Å². The number of hydrogen-bond donors (Lipinski definition) is 1. The molecule has 0 aliphatic heterocycles. The van der Waals surface area contributed by atoms with E-state index in [1.54, 1.807) is 0 Å². The molecule has 0 aliphatic carbocycles. The van der Waals surface area contributed by atoms with Gasteiger partial charge in [-0.1, -0.05) is 30.3 Å². The zero-order valence-electron chi connectivity index (χ0n) is 8.59. The summed E-state index contributed by atoms with van der Waals surface area (Å²) in [6, 6.07) is 9.79. The SMILES string of the molecule is O=C(O)CC(=O)OSCCc1ccccc1. The van der Waals surface area contributed by atoms with E-state index < -0.39 is 18.4 Å². The van der Waals surface area contributed by atoms with E-state index in [2.05, 4.69) is 4.18 Å². The molecule has 0 bridgehead atoms. The van der Waals surface area contributed by atoms with Crippen LogP contribution in [0.2, 0.25) is 0 Å². The Bertz CT molecular complexity index is 350. The van der Waals surface area contributed by atoms with Crippen LogP contribution in [0.3, 0.4) is 0 Å². The van der Waals surface area contributed by atoms with Crippen LogP contribution in [0, 0.1) is 0 Å². The fraction of sp³-hybridized carbons (Fsp3) is 0.273. The van der Waals surface area contributed by atoms with Gasteiger partial charge in [0.15, 0.2) is 0 Å². The molecule has 0 amide bonds. The number of carbonyl (C=O) groups excluding carboxylic acids is 1. The molecule has 1 aromatic rings. The number of carbonyl (C=O) groups is 2. The van der Waals surface area contributed by atoms with Crippen molar-refractivity contribution < 1.29 is 18.9 Å². The van der Waals surface area contributed by atoms with Gasteiger partial charge in [0.1, 0.15) is 6.42 Å². The largest absolute Gasteiger partial charge is 0.481 e. The van der Waals surface area contributed by atoms with Crippen molar-refractivity contribution in [3.63, 3.8) is 0 Å². The van der Waals surface area contributed by atoms with E-state index in [-0.39, 0.29) is 0 Å². The molecule has 0 radical (unpaired) electrons. The van der Waals surface area contributed by atoms with Crippen LogP contribution >= 0.6 is 12.0 Å². The monoisotopic (exact) mass is 240 g/mol. The number of aliphatic carboxylic acids is 1. The minimum Gasteiger partial charge on any atom is -0.481 e. The minimum atomic E-state index is -1.17. The first-order valence-electron chi connectivity index (χ1n) is 4.76. The lowest BCUT2D eigenvalue weighted by Crippen LogP contribution is -2.07. The Morgan fingerprint density at radius 3 is 2.56 bits per heavy atom. The molecule has 1 rings (SSSR count). The van der Waals surface area contributed by atoms with Crippen LogP contribution in [0.5, 0.6) is 0 Å². The van der Waals surface area contributed by atoms with Crippen LogP contribution in [-0.4, -0.2) is 22.8 Å². The first-order valence-corrected chi connectivity index (χ1v) is 5.67. The Hall–Kier alpha value is -1.49. The van der Waals surface area contributed by atoms with E-state index in [0.717, 1.165) is 24.0 Å². The first-order chi connectivity index (χ1) is 7.68. The maximum atomic E-state index is 10.8.